The molecular weight excluding hydrogens is 556 g/mol. The fraction of sp³-hybridized carbons (Fsp3) is 0.250. The Bertz CT molecular complexity index is 1500. The summed E-state index contributed by atoms with van der Waals surface area (Å²) < 4.78 is 0.856. The van der Waals surface area contributed by atoms with Crippen molar-refractivity contribution >= 4 is 50.9 Å². The van der Waals surface area contributed by atoms with Crippen LogP contribution in [0.4, 0.5) is 11.4 Å². The van der Waals surface area contributed by atoms with Gasteiger partial charge in [0.15, 0.2) is 0 Å². The monoisotopic (exact) mass is 580 g/mol. The van der Waals surface area contributed by atoms with Crippen molar-refractivity contribution in [3.63, 3.8) is 0 Å². The molecule has 0 aromatic heterocycles. The molecule has 3 aromatic rings. The zero-order valence-corrected chi connectivity index (χ0v) is 23.0. The zero-order valence-electron chi connectivity index (χ0n) is 21.4. The summed E-state index contributed by atoms with van der Waals surface area (Å²) in [6, 6.07) is 22.1. The van der Waals surface area contributed by atoms with Gasteiger partial charge in [0.1, 0.15) is 0 Å². The fourth-order valence-electron chi connectivity index (χ4n) is 7.39. The van der Waals surface area contributed by atoms with Crippen molar-refractivity contribution in [3.8, 4) is 0 Å². The van der Waals surface area contributed by atoms with Gasteiger partial charge in [-0.3, -0.25) is 19.2 Å². The normalized spacial score (nSPS) is 30.8. The van der Waals surface area contributed by atoms with Gasteiger partial charge >= 0.3 is 0 Å². The molecule has 5 aliphatic rings. The molecule has 39 heavy (non-hydrogen) atoms. The van der Waals surface area contributed by atoms with Crippen LogP contribution in [-0.2, 0) is 24.6 Å². The van der Waals surface area contributed by atoms with E-state index in [9.17, 15) is 19.2 Å². The maximum absolute atomic E-state index is 14.3. The first-order valence-corrected chi connectivity index (χ1v) is 13.9. The zero-order chi connectivity index (χ0) is 27.2. The molecule has 3 aromatic carbocycles. The van der Waals surface area contributed by atoms with Crippen LogP contribution in [0.15, 0.2) is 89.4 Å². The number of allylic oxidation sites excluding steroid dienone is 2. The predicted octanol–water partition coefficient (Wildman–Crippen LogP) is 5.11. The molecule has 194 valence electrons. The lowest BCUT2D eigenvalue weighted by Crippen LogP contribution is -2.60. The van der Waals surface area contributed by atoms with Crippen LogP contribution in [0.5, 0.6) is 0 Å². The minimum Gasteiger partial charge on any atom is -0.274 e. The summed E-state index contributed by atoms with van der Waals surface area (Å²) in [4.78, 5) is 59.3. The molecule has 4 amide bonds. The molecule has 6 atom stereocenters. The third-order valence-electron chi connectivity index (χ3n) is 9.08. The van der Waals surface area contributed by atoms with Gasteiger partial charge in [0, 0.05) is 15.8 Å². The highest BCUT2D eigenvalue weighted by atomic mass is 79.9. The fourth-order valence-corrected chi connectivity index (χ4v) is 7.65. The van der Waals surface area contributed by atoms with Crippen molar-refractivity contribution in [1.82, 2.24) is 0 Å². The van der Waals surface area contributed by atoms with E-state index in [1.807, 2.05) is 74.5 Å². The van der Waals surface area contributed by atoms with E-state index in [-0.39, 0.29) is 23.6 Å². The Morgan fingerprint density at radius 3 is 1.49 bits per heavy atom. The van der Waals surface area contributed by atoms with Gasteiger partial charge in [-0.25, -0.2) is 9.80 Å². The summed E-state index contributed by atoms with van der Waals surface area (Å²) in [5, 5.41) is 0. The van der Waals surface area contributed by atoms with E-state index >= 15 is 0 Å². The number of aryl methyl sites for hydroxylation is 2. The summed E-state index contributed by atoms with van der Waals surface area (Å²) >= 11 is 3.49. The van der Waals surface area contributed by atoms with Crippen LogP contribution in [0, 0.1) is 43.4 Å². The quantitative estimate of drug-likeness (QED) is 0.318. The summed E-state index contributed by atoms with van der Waals surface area (Å²) in [7, 11) is 0. The molecule has 1 saturated carbocycles. The van der Waals surface area contributed by atoms with E-state index in [4.69, 9.17) is 0 Å². The molecule has 2 unspecified atom stereocenters. The first kappa shape index (κ1) is 24.2. The van der Waals surface area contributed by atoms with Crippen molar-refractivity contribution in [3.05, 3.63) is 106 Å². The number of nitrogens with zero attached hydrogens (tertiary/aromatic N) is 2. The SMILES string of the molecule is Cc1ccc(N2C(=O)[C@@H]3C4C=CC(c5ccc(Br)cc5)([C@H]3C2=O)[C@H]2C(=O)N(c3ccc(C)cc3)C(=O)[C@@H]42)cc1. The number of hydrogen-bond donors (Lipinski definition) is 0. The highest BCUT2D eigenvalue weighted by Gasteiger charge is 2.75. The number of halogens is 1. The first-order valence-electron chi connectivity index (χ1n) is 13.1. The number of carbonyl (C=O) groups excluding carboxylic acids is 4. The number of rotatable bonds is 3. The van der Waals surface area contributed by atoms with Gasteiger partial charge in [-0.15, -0.1) is 0 Å². The number of carbonyl (C=O) groups is 4. The Kier molecular flexibility index (Phi) is 5.17. The van der Waals surface area contributed by atoms with Gasteiger partial charge < -0.3 is 0 Å². The van der Waals surface area contributed by atoms with E-state index < -0.39 is 35.0 Å². The molecule has 3 aliphatic carbocycles. The molecule has 8 rings (SSSR count). The van der Waals surface area contributed by atoms with E-state index in [1.165, 1.54) is 9.80 Å². The Balaban J connectivity index is 1.43. The topological polar surface area (TPSA) is 74.8 Å². The second kappa shape index (κ2) is 8.33. The molecule has 0 N–H and O–H groups in total. The van der Waals surface area contributed by atoms with Crippen LogP contribution >= 0.6 is 15.9 Å². The van der Waals surface area contributed by atoms with Crippen LogP contribution in [0.25, 0.3) is 0 Å². The predicted molar refractivity (Wildman–Crippen MR) is 150 cm³/mol. The van der Waals surface area contributed by atoms with Gasteiger partial charge in [-0.1, -0.05) is 75.6 Å². The second-order valence-corrected chi connectivity index (χ2v) is 12.0. The van der Waals surface area contributed by atoms with Crippen molar-refractivity contribution in [2.24, 2.45) is 29.6 Å². The lowest BCUT2D eigenvalue weighted by Gasteiger charge is -2.53. The van der Waals surface area contributed by atoms with Crippen LogP contribution < -0.4 is 9.80 Å². The highest BCUT2D eigenvalue weighted by molar-refractivity contribution is 9.10. The van der Waals surface area contributed by atoms with Gasteiger partial charge in [-0.2, -0.15) is 0 Å². The standard InChI is InChI=1S/C32H25BrN2O4/c1-17-3-11-21(12-4-17)34-28(36)24-23-15-16-32(26(24)30(34)38,19-7-9-20(33)10-8-19)27-25(23)29(37)35(31(27)39)22-13-5-18(2)6-14-22/h3-16,23-27H,1-2H3/t23?,24-,25+,26-,27-,32?/m1/s1. The Hall–Kier alpha value is -3.84. The lowest BCUT2D eigenvalue weighted by atomic mass is 9.45. The van der Waals surface area contributed by atoms with E-state index in [0.717, 1.165) is 21.2 Å². The molecule has 7 heteroatoms. The molecule has 0 spiro atoms. The van der Waals surface area contributed by atoms with Crippen molar-refractivity contribution in [2.75, 3.05) is 9.80 Å². The smallest absolute Gasteiger partial charge is 0.238 e. The average Bonchev–Trinajstić information content (AvgIpc) is 3.37. The number of hydrogen-bond acceptors (Lipinski definition) is 4. The Morgan fingerprint density at radius 1 is 0.615 bits per heavy atom. The largest absolute Gasteiger partial charge is 0.274 e. The van der Waals surface area contributed by atoms with Gasteiger partial charge in [0.2, 0.25) is 23.6 Å². The molecular formula is C32H25BrN2O4. The molecule has 0 radical (unpaired) electrons. The molecule has 2 bridgehead atoms. The summed E-state index contributed by atoms with van der Waals surface area (Å²) in [5.41, 5.74) is 2.68. The highest BCUT2D eigenvalue weighted by Crippen LogP contribution is 2.65. The molecule has 2 heterocycles. The van der Waals surface area contributed by atoms with Crippen molar-refractivity contribution in [2.45, 2.75) is 19.3 Å². The third kappa shape index (κ3) is 3.13. The first-order chi connectivity index (χ1) is 18.7. The molecule has 3 fully saturated rings. The second-order valence-electron chi connectivity index (χ2n) is 11.1. The minimum atomic E-state index is -1.14. The maximum Gasteiger partial charge on any atom is 0.238 e. The Morgan fingerprint density at radius 2 is 1.05 bits per heavy atom. The Labute approximate surface area is 234 Å². The average molecular weight is 581 g/mol. The number of amides is 4. The number of imide groups is 2. The minimum absolute atomic E-state index is 0.308. The van der Waals surface area contributed by atoms with Gasteiger partial charge in [-0.05, 0) is 55.8 Å². The third-order valence-corrected chi connectivity index (χ3v) is 9.61. The maximum atomic E-state index is 14.3. The van der Waals surface area contributed by atoms with Crippen molar-refractivity contribution < 1.29 is 19.2 Å². The molecule has 2 aliphatic heterocycles. The van der Waals surface area contributed by atoms with Crippen LogP contribution in [0.2, 0.25) is 0 Å². The van der Waals surface area contributed by atoms with Crippen LogP contribution in [0.1, 0.15) is 16.7 Å². The van der Waals surface area contributed by atoms with Gasteiger partial charge in [0.05, 0.1) is 35.0 Å². The molecule has 2 saturated heterocycles. The lowest BCUT2D eigenvalue weighted by molar-refractivity contribution is -0.140. The van der Waals surface area contributed by atoms with E-state index in [2.05, 4.69) is 15.9 Å². The van der Waals surface area contributed by atoms with Gasteiger partial charge in [0.25, 0.3) is 0 Å². The van der Waals surface area contributed by atoms with E-state index in [0.29, 0.717) is 11.4 Å². The summed E-state index contributed by atoms with van der Waals surface area (Å²) in [5.74, 6) is -4.86. The van der Waals surface area contributed by atoms with E-state index in [1.54, 1.807) is 24.3 Å². The number of anilines is 2. The van der Waals surface area contributed by atoms with Crippen molar-refractivity contribution in [1.29, 1.82) is 0 Å². The van der Waals surface area contributed by atoms with Crippen LogP contribution in [-0.4, -0.2) is 23.6 Å². The van der Waals surface area contributed by atoms with Crippen LogP contribution in [0.3, 0.4) is 0 Å². The number of benzene rings is 3. The summed E-state index contributed by atoms with van der Waals surface area (Å²) in [6.45, 7) is 3.89. The molecule has 6 nitrogen and oxygen atoms in total. The summed E-state index contributed by atoms with van der Waals surface area (Å²) in [6.07, 6.45) is 3.86.